The molecule has 1 amide bonds. The Bertz CT molecular complexity index is 636. The highest BCUT2D eigenvalue weighted by atomic mass is 19.4. The number of ether oxygens (including phenoxy) is 1. The van der Waals surface area contributed by atoms with Crippen LogP contribution in [0.2, 0.25) is 0 Å². The van der Waals surface area contributed by atoms with Crippen LogP contribution in [0.15, 0.2) is 47.1 Å². The van der Waals surface area contributed by atoms with Crippen LogP contribution in [0.25, 0.3) is 0 Å². The molecule has 130 valence electrons. The van der Waals surface area contributed by atoms with Crippen molar-refractivity contribution in [2.75, 3.05) is 13.7 Å². The lowest BCUT2D eigenvalue weighted by molar-refractivity contribution is -0.137. The van der Waals surface area contributed by atoms with Crippen molar-refractivity contribution < 1.29 is 27.1 Å². The minimum Gasteiger partial charge on any atom is -0.467 e. The molecule has 0 spiro atoms. The number of aryl methyl sites for hydroxylation is 1. The smallest absolute Gasteiger partial charge is 0.416 e. The van der Waals surface area contributed by atoms with E-state index in [9.17, 15) is 18.0 Å². The van der Waals surface area contributed by atoms with Gasteiger partial charge in [0.15, 0.2) is 0 Å². The topological polar surface area (TPSA) is 51.5 Å². The van der Waals surface area contributed by atoms with Crippen LogP contribution in [-0.2, 0) is 22.1 Å². The number of nitrogens with one attached hydrogen (secondary N) is 1. The first-order chi connectivity index (χ1) is 11.4. The monoisotopic (exact) mass is 341 g/mol. The van der Waals surface area contributed by atoms with Gasteiger partial charge in [-0.25, -0.2) is 0 Å². The lowest BCUT2D eigenvalue weighted by Gasteiger charge is -2.13. The number of rotatable bonds is 7. The first-order valence-electron chi connectivity index (χ1n) is 7.39. The van der Waals surface area contributed by atoms with Gasteiger partial charge in [-0.05, 0) is 36.2 Å². The van der Waals surface area contributed by atoms with Gasteiger partial charge in [-0.2, -0.15) is 13.2 Å². The van der Waals surface area contributed by atoms with E-state index in [1.807, 2.05) is 0 Å². The Morgan fingerprint density at radius 2 is 1.96 bits per heavy atom. The molecule has 1 aromatic carbocycles. The Hall–Kier alpha value is -2.28. The van der Waals surface area contributed by atoms with Gasteiger partial charge in [0, 0.05) is 13.5 Å². The minimum absolute atomic E-state index is 0.181. The molecular weight excluding hydrogens is 323 g/mol. The molecule has 0 radical (unpaired) electrons. The average Bonchev–Trinajstić information content (AvgIpc) is 3.07. The summed E-state index contributed by atoms with van der Waals surface area (Å²) in [5.41, 5.74) is -0.0236. The quantitative estimate of drug-likeness (QED) is 0.835. The molecule has 1 atom stereocenters. The van der Waals surface area contributed by atoms with E-state index in [1.54, 1.807) is 12.1 Å². The average molecular weight is 341 g/mol. The van der Waals surface area contributed by atoms with E-state index in [1.165, 1.54) is 25.5 Å². The Morgan fingerprint density at radius 1 is 1.25 bits per heavy atom. The molecule has 4 nitrogen and oxygen atoms in total. The predicted molar refractivity (Wildman–Crippen MR) is 81.2 cm³/mol. The van der Waals surface area contributed by atoms with Gasteiger partial charge in [0.1, 0.15) is 11.9 Å². The zero-order valence-electron chi connectivity index (χ0n) is 13.1. The first kappa shape index (κ1) is 18.1. The lowest BCUT2D eigenvalue weighted by Crippen LogP contribution is -2.29. The number of alkyl halides is 3. The largest absolute Gasteiger partial charge is 0.467 e. The number of benzene rings is 1. The summed E-state index contributed by atoms with van der Waals surface area (Å²) in [4.78, 5) is 11.9. The molecule has 1 aromatic heterocycles. The molecule has 0 aliphatic rings. The highest BCUT2D eigenvalue weighted by molar-refractivity contribution is 5.76. The maximum Gasteiger partial charge on any atom is 0.416 e. The van der Waals surface area contributed by atoms with E-state index in [4.69, 9.17) is 9.15 Å². The lowest BCUT2D eigenvalue weighted by atomic mass is 10.1. The molecule has 0 aliphatic heterocycles. The molecule has 0 bridgehead atoms. The van der Waals surface area contributed by atoms with Crippen molar-refractivity contribution in [3.05, 3.63) is 59.5 Å². The molecule has 24 heavy (non-hydrogen) atoms. The third-order valence-electron chi connectivity index (χ3n) is 3.55. The predicted octanol–water partition coefficient (Wildman–Crippen LogP) is 3.73. The summed E-state index contributed by atoms with van der Waals surface area (Å²) < 4.78 is 47.9. The molecule has 0 aliphatic carbocycles. The van der Waals surface area contributed by atoms with Gasteiger partial charge in [-0.3, -0.25) is 4.79 Å². The van der Waals surface area contributed by atoms with E-state index < -0.39 is 11.7 Å². The third kappa shape index (κ3) is 5.13. The van der Waals surface area contributed by atoms with Crippen molar-refractivity contribution in [1.29, 1.82) is 0 Å². The summed E-state index contributed by atoms with van der Waals surface area (Å²) in [6.45, 7) is 0.260. The van der Waals surface area contributed by atoms with Crippen molar-refractivity contribution in [1.82, 2.24) is 5.32 Å². The van der Waals surface area contributed by atoms with Gasteiger partial charge < -0.3 is 14.5 Å². The SMILES string of the molecule is CO[C@@H](CNC(=O)CCc1ccc(C(F)(F)F)cc1)c1ccco1. The van der Waals surface area contributed by atoms with Gasteiger partial charge in [0.05, 0.1) is 18.4 Å². The second kappa shape index (κ2) is 8.01. The number of hydrogen-bond acceptors (Lipinski definition) is 3. The van der Waals surface area contributed by atoms with Gasteiger partial charge >= 0.3 is 6.18 Å². The summed E-state index contributed by atoms with van der Waals surface area (Å²) in [6, 6.07) is 8.29. The zero-order chi connectivity index (χ0) is 17.6. The third-order valence-corrected chi connectivity index (χ3v) is 3.55. The minimum atomic E-state index is -4.35. The maximum atomic E-state index is 12.5. The van der Waals surface area contributed by atoms with Crippen LogP contribution in [0.1, 0.15) is 29.4 Å². The fraction of sp³-hybridized carbons (Fsp3) is 0.353. The van der Waals surface area contributed by atoms with Crippen LogP contribution in [0.5, 0.6) is 0 Å². The molecule has 0 unspecified atom stereocenters. The number of amides is 1. The standard InChI is InChI=1S/C17H18F3NO3/c1-23-15(14-3-2-10-24-14)11-21-16(22)9-6-12-4-7-13(8-5-12)17(18,19)20/h2-5,7-8,10,15H,6,9,11H2,1H3,(H,21,22)/t15-/m0/s1. The van der Waals surface area contributed by atoms with Crippen LogP contribution >= 0.6 is 0 Å². The van der Waals surface area contributed by atoms with Crippen molar-refractivity contribution >= 4 is 5.91 Å². The van der Waals surface area contributed by atoms with Crippen molar-refractivity contribution in [3.63, 3.8) is 0 Å². The molecule has 0 fully saturated rings. The molecule has 2 aromatic rings. The van der Waals surface area contributed by atoms with Gasteiger partial charge in [0.2, 0.25) is 5.91 Å². The van der Waals surface area contributed by atoms with Crippen LogP contribution in [0.4, 0.5) is 13.2 Å². The molecule has 7 heteroatoms. The molecule has 0 saturated heterocycles. The summed E-state index contributed by atoms with van der Waals surface area (Å²) >= 11 is 0. The zero-order valence-corrected chi connectivity index (χ0v) is 13.1. The second-order valence-electron chi connectivity index (χ2n) is 5.24. The Labute approximate surface area is 137 Å². The van der Waals surface area contributed by atoms with E-state index in [0.29, 0.717) is 17.7 Å². The number of methoxy groups -OCH3 is 1. The van der Waals surface area contributed by atoms with Crippen LogP contribution in [0.3, 0.4) is 0 Å². The Kier molecular flexibility index (Phi) is 6.03. The number of halogens is 3. The summed E-state index contributed by atoms with van der Waals surface area (Å²) in [5, 5.41) is 2.72. The highest BCUT2D eigenvalue weighted by Gasteiger charge is 2.29. The highest BCUT2D eigenvalue weighted by Crippen LogP contribution is 2.29. The number of carbonyl (C=O) groups excluding carboxylic acids is 1. The number of carbonyl (C=O) groups is 1. The van der Waals surface area contributed by atoms with E-state index >= 15 is 0 Å². The molecule has 1 heterocycles. The first-order valence-corrected chi connectivity index (χ1v) is 7.39. The van der Waals surface area contributed by atoms with Crippen LogP contribution in [0, 0.1) is 0 Å². The van der Waals surface area contributed by atoms with Gasteiger partial charge in [-0.1, -0.05) is 12.1 Å². The summed E-state index contributed by atoms with van der Waals surface area (Å²) in [7, 11) is 1.52. The van der Waals surface area contributed by atoms with Crippen LogP contribution < -0.4 is 5.32 Å². The fourth-order valence-electron chi connectivity index (χ4n) is 2.19. The van der Waals surface area contributed by atoms with Crippen molar-refractivity contribution in [2.45, 2.75) is 25.1 Å². The van der Waals surface area contributed by atoms with E-state index in [2.05, 4.69) is 5.32 Å². The maximum absolute atomic E-state index is 12.5. The van der Waals surface area contributed by atoms with Gasteiger partial charge in [-0.15, -0.1) is 0 Å². The normalized spacial score (nSPS) is 12.8. The fourth-order valence-corrected chi connectivity index (χ4v) is 2.19. The molecule has 0 saturated carbocycles. The van der Waals surface area contributed by atoms with Crippen molar-refractivity contribution in [2.24, 2.45) is 0 Å². The Morgan fingerprint density at radius 3 is 2.50 bits per heavy atom. The number of furan rings is 1. The summed E-state index contributed by atoms with van der Waals surface area (Å²) in [5.74, 6) is 0.407. The van der Waals surface area contributed by atoms with Crippen molar-refractivity contribution in [3.8, 4) is 0 Å². The Balaban J connectivity index is 1.78. The molecular formula is C17H18F3NO3. The second-order valence-corrected chi connectivity index (χ2v) is 5.24. The van der Waals surface area contributed by atoms with E-state index in [-0.39, 0.29) is 25.0 Å². The van der Waals surface area contributed by atoms with Gasteiger partial charge in [0.25, 0.3) is 0 Å². The molecule has 1 N–H and O–H groups in total. The number of hydrogen-bond donors (Lipinski definition) is 1. The van der Waals surface area contributed by atoms with E-state index in [0.717, 1.165) is 12.1 Å². The van der Waals surface area contributed by atoms with Crippen LogP contribution in [-0.4, -0.2) is 19.6 Å². The molecule has 2 rings (SSSR count). The summed E-state index contributed by atoms with van der Waals surface area (Å²) in [6.07, 6.45) is -2.66.